The van der Waals surface area contributed by atoms with Crippen molar-refractivity contribution in [2.45, 2.75) is 18.2 Å². The number of hydrogen-bond acceptors (Lipinski definition) is 7. The van der Waals surface area contributed by atoms with Gasteiger partial charge in [0.1, 0.15) is 23.6 Å². The largest absolute Gasteiger partial charge is 0.382 e. The predicted octanol–water partition coefficient (Wildman–Crippen LogP) is -0.241. The van der Waals surface area contributed by atoms with Crippen LogP contribution in [-0.2, 0) is 4.79 Å². The van der Waals surface area contributed by atoms with Crippen LogP contribution in [0, 0.1) is 17.7 Å². The minimum absolute atomic E-state index is 0.0591. The van der Waals surface area contributed by atoms with Crippen molar-refractivity contribution in [1.29, 1.82) is 0 Å². The van der Waals surface area contributed by atoms with Gasteiger partial charge in [-0.2, -0.15) is 0 Å². The van der Waals surface area contributed by atoms with E-state index in [0.717, 1.165) is 0 Å². The number of benzene rings is 1. The van der Waals surface area contributed by atoms with E-state index >= 15 is 0 Å². The van der Waals surface area contributed by atoms with E-state index in [1.54, 1.807) is 7.05 Å². The highest BCUT2D eigenvalue weighted by Crippen LogP contribution is 2.25. The maximum absolute atomic E-state index is 14.3. The minimum atomic E-state index is -1.75. The van der Waals surface area contributed by atoms with Crippen molar-refractivity contribution >= 4 is 11.7 Å². The Morgan fingerprint density at radius 1 is 1.44 bits per heavy atom. The fraction of sp³-hybridized carbons (Fsp3) is 0.278. The third-order valence-corrected chi connectivity index (χ3v) is 4.27. The highest BCUT2D eigenvalue weighted by molar-refractivity contribution is 5.90. The van der Waals surface area contributed by atoms with Crippen LogP contribution in [0.15, 0.2) is 24.4 Å². The van der Waals surface area contributed by atoms with Gasteiger partial charge < -0.3 is 26.6 Å². The minimum Gasteiger partial charge on any atom is -0.382 e. The number of nitrogen functional groups attached to an aromatic ring is 1. The molecule has 0 saturated carbocycles. The third kappa shape index (κ3) is 3.59. The van der Waals surface area contributed by atoms with Gasteiger partial charge in [-0.15, -0.1) is 0 Å². The predicted molar refractivity (Wildman–Crippen MR) is 95.1 cm³/mol. The van der Waals surface area contributed by atoms with E-state index in [1.165, 1.54) is 29.3 Å². The molecular weight excluding hydrogens is 353 g/mol. The molecule has 1 aliphatic heterocycles. The molecule has 0 bridgehead atoms. The van der Waals surface area contributed by atoms with Crippen molar-refractivity contribution < 1.29 is 19.4 Å². The van der Waals surface area contributed by atoms with Crippen LogP contribution < -0.4 is 11.5 Å². The molecule has 0 radical (unpaired) electrons. The average molecular weight is 371 g/mol. The topological polar surface area (TPSA) is 139 Å². The van der Waals surface area contributed by atoms with Crippen LogP contribution in [-0.4, -0.2) is 50.2 Å². The number of amides is 1. The zero-order valence-electron chi connectivity index (χ0n) is 14.5. The van der Waals surface area contributed by atoms with E-state index in [2.05, 4.69) is 21.8 Å². The summed E-state index contributed by atoms with van der Waals surface area (Å²) in [6, 6.07) is 4.01. The second-order valence-corrected chi connectivity index (χ2v) is 6.25. The smallest absolute Gasteiger partial charge is 0.267 e. The number of likely N-dealkylation sites (N-methyl/N-ethyl adjacent to an activating group) is 1. The number of nitrogens with two attached hydrogens (primary N) is 2. The lowest BCUT2D eigenvalue weighted by molar-refractivity contribution is -0.137. The van der Waals surface area contributed by atoms with Gasteiger partial charge in [-0.1, -0.05) is 11.8 Å². The van der Waals surface area contributed by atoms with Crippen LogP contribution in [0.2, 0.25) is 0 Å². The molecule has 8 nitrogen and oxygen atoms in total. The van der Waals surface area contributed by atoms with Crippen molar-refractivity contribution in [2.75, 3.05) is 19.3 Å². The molecule has 2 aromatic rings. The summed E-state index contributed by atoms with van der Waals surface area (Å²) in [5.41, 5.74) is 9.71. The van der Waals surface area contributed by atoms with E-state index in [9.17, 15) is 19.4 Å². The Bertz CT molecular complexity index is 969. The van der Waals surface area contributed by atoms with Crippen molar-refractivity contribution in [3.63, 3.8) is 0 Å². The van der Waals surface area contributed by atoms with Gasteiger partial charge in [-0.3, -0.25) is 4.79 Å². The highest BCUT2D eigenvalue weighted by Gasteiger charge is 2.42. The van der Waals surface area contributed by atoms with E-state index in [-0.39, 0.29) is 29.2 Å². The number of nitrogens with zero attached hydrogens (tertiary/aromatic N) is 3. The number of likely N-dealkylation sites (tertiary alicyclic amines) is 1. The van der Waals surface area contributed by atoms with E-state index in [4.69, 9.17) is 11.5 Å². The summed E-state index contributed by atoms with van der Waals surface area (Å²) in [7, 11) is 1.58. The summed E-state index contributed by atoms with van der Waals surface area (Å²) >= 11 is 0. The normalized spacial score (nSPS) is 20.3. The van der Waals surface area contributed by atoms with E-state index < -0.39 is 23.6 Å². The first-order valence-electron chi connectivity index (χ1n) is 8.08. The van der Waals surface area contributed by atoms with Gasteiger partial charge in [0.2, 0.25) is 5.60 Å². The summed E-state index contributed by atoms with van der Waals surface area (Å²) in [5, 5.41) is 19.8. The first-order chi connectivity index (χ1) is 12.7. The molecule has 1 aromatic heterocycles. The molecule has 140 valence electrons. The Morgan fingerprint density at radius 2 is 2.19 bits per heavy atom. The van der Waals surface area contributed by atoms with Crippen molar-refractivity contribution in [3.05, 3.63) is 41.5 Å². The maximum Gasteiger partial charge on any atom is 0.267 e. The summed E-state index contributed by atoms with van der Waals surface area (Å²) in [5.74, 6) is 4.15. The Labute approximate surface area is 154 Å². The first kappa shape index (κ1) is 18.7. The lowest BCUT2D eigenvalue weighted by atomic mass is 10.0. The second kappa shape index (κ2) is 6.92. The monoisotopic (exact) mass is 371 g/mol. The number of hydrogen-bond donors (Lipinski definition) is 4. The fourth-order valence-corrected chi connectivity index (χ4v) is 2.70. The lowest BCUT2D eigenvalue weighted by Crippen LogP contribution is -2.37. The molecule has 27 heavy (non-hydrogen) atoms. The highest BCUT2D eigenvalue weighted by atomic mass is 19.1. The zero-order valence-corrected chi connectivity index (χ0v) is 14.5. The summed E-state index contributed by atoms with van der Waals surface area (Å²) in [6.45, 7) is 0.407. The number of carbonyl (C=O) groups excluding carboxylic acids is 1. The lowest BCUT2D eigenvalue weighted by Gasteiger charge is -2.13. The molecule has 1 aromatic carbocycles. The van der Waals surface area contributed by atoms with Crippen molar-refractivity contribution in [3.8, 4) is 23.1 Å². The van der Waals surface area contributed by atoms with Gasteiger partial charge in [-0.25, -0.2) is 14.4 Å². The summed E-state index contributed by atoms with van der Waals surface area (Å²) in [6.07, 6.45) is -0.00665. The molecule has 1 unspecified atom stereocenters. The first-order valence-corrected chi connectivity index (χ1v) is 8.08. The van der Waals surface area contributed by atoms with Crippen LogP contribution >= 0.6 is 0 Å². The van der Waals surface area contributed by atoms with Crippen LogP contribution in [0.1, 0.15) is 23.9 Å². The molecule has 2 atom stereocenters. The number of aromatic nitrogens is 2. The SMILES string of the molecule is CN1CC[C@@](O)(C#Cc2ccc(F)c(-c3cnc(N)c(C(N)O)n3)c2)C1=O. The van der Waals surface area contributed by atoms with Crippen LogP contribution in [0.3, 0.4) is 0 Å². The molecular formula is C18H18FN5O3. The van der Waals surface area contributed by atoms with Crippen LogP contribution in [0.25, 0.3) is 11.3 Å². The molecule has 3 rings (SSSR count). The summed E-state index contributed by atoms with van der Waals surface area (Å²) < 4.78 is 14.3. The number of halogens is 1. The number of aliphatic hydroxyl groups excluding tert-OH is 1. The van der Waals surface area contributed by atoms with Gasteiger partial charge in [0, 0.05) is 31.1 Å². The van der Waals surface area contributed by atoms with Gasteiger partial charge in [0.05, 0.1) is 11.9 Å². The summed E-state index contributed by atoms with van der Waals surface area (Å²) in [4.78, 5) is 21.3. The molecule has 2 heterocycles. The molecule has 1 fully saturated rings. The van der Waals surface area contributed by atoms with Crippen molar-refractivity contribution in [1.82, 2.24) is 14.9 Å². The van der Waals surface area contributed by atoms with E-state index in [0.29, 0.717) is 12.1 Å². The van der Waals surface area contributed by atoms with Gasteiger partial charge >= 0.3 is 0 Å². The molecule has 6 N–H and O–H groups in total. The standard InChI is InChI=1S/C18H18FN5O3/c1-24-7-6-18(27,17(24)26)5-4-10-2-3-12(19)11(8-10)13-9-22-15(20)14(23-13)16(21)25/h2-3,8-9,16,25,27H,6-7,21H2,1H3,(H2,20,22)/t16?,18-/m0/s1. The maximum atomic E-state index is 14.3. The Hall–Kier alpha value is -3.06. The van der Waals surface area contributed by atoms with Crippen molar-refractivity contribution in [2.24, 2.45) is 5.73 Å². The number of rotatable bonds is 2. The number of anilines is 1. The quantitative estimate of drug-likeness (QED) is 0.422. The number of carbonyl (C=O) groups is 1. The van der Waals surface area contributed by atoms with Gasteiger partial charge in [0.25, 0.3) is 5.91 Å². The molecule has 1 amide bonds. The Kier molecular flexibility index (Phi) is 4.80. The van der Waals surface area contributed by atoms with Gasteiger partial charge in [0.15, 0.2) is 0 Å². The molecule has 1 aliphatic rings. The molecule has 9 heteroatoms. The average Bonchev–Trinajstić information content (AvgIpc) is 2.89. The van der Waals surface area contributed by atoms with Crippen LogP contribution in [0.5, 0.6) is 0 Å². The Balaban J connectivity index is 1.99. The Morgan fingerprint density at radius 3 is 2.81 bits per heavy atom. The van der Waals surface area contributed by atoms with Gasteiger partial charge in [-0.05, 0) is 18.2 Å². The molecule has 0 aliphatic carbocycles. The second-order valence-electron chi connectivity index (χ2n) is 6.25. The molecule has 0 spiro atoms. The van der Waals surface area contributed by atoms with Crippen LogP contribution in [0.4, 0.5) is 10.2 Å². The zero-order chi connectivity index (χ0) is 19.8. The third-order valence-electron chi connectivity index (χ3n) is 4.27. The fourth-order valence-electron chi connectivity index (χ4n) is 2.70. The van der Waals surface area contributed by atoms with E-state index in [1.807, 2.05) is 0 Å². The number of aliphatic hydroxyl groups is 2. The molecule has 1 saturated heterocycles.